The van der Waals surface area contributed by atoms with Gasteiger partial charge in [-0.1, -0.05) is 0 Å². The van der Waals surface area contributed by atoms with Crippen molar-refractivity contribution >= 4 is 36.6 Å². The van der Waals surface area contributed by atoms with Crippen LogP contribution in [0.3, 0.4) is 0 Å². The normalized spacial score (nSPS) is 13.1. The summed E-state index contributed by atoms with van der Waals surface area (Å²) in [6.07, 6.45) is 0. The summed E-state index contributed by atoms with van der Waals surface area (Å²) < 4.78 is 24.6. The third-order valence-corrected chi connectivity index (χ3v) is 17.7. The second-order valence-electron chi connectivity index (χ2n) is 4.48. The topological polar surface area (TPSA) is 35.5 Å². The van der Waals surface area contributed by atoms with Gasteiger partial charge >= 0.3 is 105 Å². The SMILES string of the molecule is CCOP(=O)(C[Te]C[Si](C)(C)C)OCC. The first-order valence-electron chi connectivity index (χ1n) is 5.29. The molecule has 0 N–H and O–H groups in total. The van der Waals surface area contributed by atoms with Gasteiger partial charge in [0.1, 0.15) is 0 Å². The van der Waals surface area contributed by atoms with E-state index in [1.165, 1.54) is 4.09 Å². The molecule has 0 aromatic carbocycles. The van der Waals surface area contributed by atoms with Crippen molar-refractivity contribution in [3.63, 3.8) is 0 Å². The molecule has 92 valence electrons. The fourth-order valence-corrected chi connectivity index (χ4v) is 14.0. The monoisotopic (exact) mass is 368 g/mol. The van der Waals surface area contributed by atoms with Crippen molar-refractivity contribution in [2.45, 2.75) is 37.6 Å². The van der Waals surface area contributed by atoms with Crippen LogP contribution < -0.4 is 0 Å². The predicted octanol–water partition coefficient (Wildman–Crippen LogP) is 3.21. The van der Waals surface area contributed by atoms with Crippen molar-refractivity contribution in [2.75, 3.05) is 17.4 Å². The van der Waals surface area contributed by atoms with Gasteiger partial charge in [0.05, 0.1) is 0 Å². The summed E-state index contributed by atoms with van der Waals surface area (Å²) in [6.45, 7) is 11.8. The van der Waals surface area contributed by atoms with Crippen molar-refractivity contribution in [3.05, 3.63) is 0 Å². The van der Waals surface area contributed by atoms with Gasteiger partial charge in [-0.2, -0.15) is 0 Å². The minimum absolute atomic E-state index is 0.210. The molecule has 0 aliphatic carbocycles. The molecule has 0 bridgehead atoms. The third-order valence-electron chi connectivity index (χ3n) is 1.44. The summed E-state index contributed by atoms with van der Waals surface area (Å²) in [7, 11) is -3.70. The van der Waals surface area contributed by atoms with E-state index in [4.69, 9.17) is 9.05 Å². The Hall–Kier alpha value is 1.16. The Labute approximate surface area is 105 Å². The molecule has 0 radical (unpaired) electrons. The molecule has 15 heavy (non-hydrogen) atoms. The Bertz CT molecular complexity index is 208. The van der Waals surface area contributed by atoms with Crippen molar-refractivity contribution in [1.82, 2.24) is 0 Å². The molecule has 0 saturated carbocycles. The van der Waals surface area contributed by atoms with E-state index < -0.39 is 15.7 Å². The minimum atomic E-state index is -2.73. The van der Waals surface area contributed by atoms with Gasteiger partial charge in [-0.15, -0.1) is 0 Å². The number of hydrogen-bond donors (Lipinski definition) is 0. The van der Waals surface area contributed by atoms with E-state index in [0.29, 0.717) is 17.4 Å². The Morgan fingerprint density at radius 3 is 1.93 bits per heavy atom. The zero-order valence-corrected chi connectivity index (χ0v) is 14.6. The summed E-state index contributed by atoms with van der Waals surface area (Å²) >= 11 is -0.210. The Balaban J connectivity index is 4.02. The van der Waals surface area contributed by atoms with Gasteiger partial charge in [0.15, 0.2) is 0 Å². The summed E-state index contributed by atoms with van der Waals surface area (Å²) in [4.78, 5) is 0. The van der Waals surface area contributed by atoms with Gasteiger partial charge < -0.3 is 0 Å². The summed E-state index contributed by atoms with van der Waals surface area (Å²) in [6, 6.07) is 0. The molecule has 0 heterocycles. The van der Waals surface area contributed by atoms with E-state index in [-0.39, 0.29) is 20.9 Å². The van der Waals surface area contributed by atoms with E-state index in [9.17, 15) is 4.57 Å². The van der Waals surface area contributed by atoms with Gasteiger partial charge in [0, 0.05) is 0 Å². The zero-order valence-electron chi connectivity index (χ0n) is 10.4. The Morgan fingerprint density at radius 2 is 1.60 bits per heavy atom. The molecule has 0 amide bonds. The molecule has 0 atom stereocenters. The van der Waals surface area contributed by atoms with Crippen molar-refractivity contribution in [2.24, 2.45) is 0 Å². The zero-order chi connectivity index (χ0) is 11.9. The van der Waals surface area contributed by atoms with Crippen molar-refractivity contribution < 1.29 is 13.6 Å². The molecule has 0 aromatic heterocycles. The second-order valence-corrected chi connectivity index (χ2v) is 17.7. The van der Waals surface area contributed by atoms with Gasteiger partial charge in [0.25, 0.3) is 0 Å². The Kier molecular flexibility index (Phi) is 8.05. The standard InChI is InChI=1S/C9H23O3PSiTe/c1-6-11-13(10,12-7-2)8-15-9-14(3,4)5/h6-9H2,1-5H3. The molecular formula is C9H23O3PSiTe. The van der Waals surface area contributed by atoms with Crippen LogP contribution in [0.15, 0.2) is 0 Å². The van der Waals surface area contributed by atoms with E-state index in [1.807, 2.05) is 13.8 Å². The molecule has 3 nitrogen and oxygen atoms in total. The van der Waals surface area contributed by atoms with Crippen LogP contribution in [0.25, 0.3) is 0 Å². The first-order chi connectivity index (χ1) is 6.83. The average molecular weight is 366 g/mol. The van der Waals surface area contributed by atoms with Gasteiger partial charge in [-0.25, -0.2) is 0 Å². The van der Waals surface area contributed by atoms with Crippen LogP contribution in [-0.4, -0.2) is 46.4 Å². The van der Waals surface area contributed by atoms with Crippen LogP contribution in [-0.2, 0) is 13.6 Å². The predicted molar refractivity (Wildman–Crippen MR) is 69.6 cm³/mol. The van der Waals surface area contributed by atoms with Crippen LogP contribution in [0.2, 0.25) is 23.7 Å². The fraction of sp³-hybridized carbons (Fsp3) is 1.00. The van der Waals surface area contributed by atoms with Gasteiger partial charge in [-0.3, -0.25) is 0 Å². The molecule has 0 fully saturated rings. The van der Waals surface area contributed by atoms with Crippen LogP contribution in [0, 0.1) is 0 Å². The first-order valence-corrected chi connectivity index (χ1v) is 14.0. The summed E-state index contributed by atoms with van der Waals surface area (Å²) in [5.41, 5.74) is 0. The van der Waals surface area contributed by atoms with Crippen molar-refractivity contribution in [1.29, 1.82) is 0 Å². The summed E-state index contributed by atoms with van der Waals surface area (Å²) in [5, 5.41) is 0. The average Bonchev–Trinajstić information content (AvgIpc) is 2.01. The van der Waals surface area contributed by atoms with E-state index in [2.05, 4.69) is 19.6 Å². The quantitative estimate of drug-likeness (QED) is 0.489. The van der Waals surface area contributed by atoms with Crippen LogP contribution >= 0.6 is 7.60 Å². The molecule has 6 heteroatoms. The maximum atomic E-state index is 12.1. The maximum absolute atomic E-state index is 12.1. The molecule has 0 saturated heterocycles. The van der Waals surface area contributed by atoms with E-state index in [1.54, 1.807) is 0 Å². The molecule has 0 rings (SSSR count). The van der Waals surface area contributed by atoms with Crippen LogP contribution in [0.4, 0.5) is 0 Å². The van der Waals surface area contributed by atoms with Gasteiger partial charge in [0.2, 0.25) is 0 Å². The number of rotatable bonds is 8. The van der Waals surface area contributed by atoms with Gasteiger partial charge in [-0.05, 0) is 0 Å². The molecule has 0 aliphatic rings. The first kappa shape index (κ1) is 16.2. The second kappa shape index (κ2) is 7.48. The van der Waals surface area contributed by atoms with Crippen LogP contribution in [0.1, 0.15) is 13.8 Å². The third kappa shape index (κ3) is 8.91. The molecule has 0 aliphatic heterocycles. The van der Waals surface area contributed by atoms with E-state index >= 15 is 0 Å². The molecule has 0 aromatic rings. The molecule has 0 unspecified atom stereocenters. The molecular weight excluding hydrogens is 343 g/mol. The Morgan fingerprint density at radius 1 is 1.13 bits per heavy atom. The number of hydrogen-bond acceptors (Lipinski definition) is 3. The van der Waals surface area contributed by atoms with Crippen molar-refractivity contribution in [3.8, 4) is 0 Å². The van der Waals surface area contributed by atoms with E-state index in [0.717, 1.165) is 0 Å². The van der Waals surface area contributed by atoms with Crippen LogP contribution in [0.5, 0.6) is 0 Å². The fourth-order valence-electron chi connectivity index (χ4n) is 0.969. The molecule has 0 spiro atoms. The summed E-state index contributed by atoms with van der Waals surface area (Å²) in [5.74, 6) is 0.